The number of para-hydroxylation sites is 2. The SMILES string of the molecule is Cn1c(SCc2nnc(-c3ccccc3Br)o2)nc2ccccc21. The second kappa shape index (κ2) is 6.41. The van der Waals surface area contributed by atoms with E-state index in [9.17, 15) is 0 Å². The monoisotopic (exact) mass is 400 g/mol. The average molecular weight is 401 g/mol. The molecule has 0 amide bonds. The highest BCUT2D eigenvalue weighted by Gasteiger charge is 2.13. The fraction of sp³-hybridized carbons (Fsp3) is 0.118. The molecule has 2 aromatic heterocycles. The van der Waals surface area contributed by atoms with Crippen molar-refractivity contribution in [3.63, 3.8) is 0 Å². The summed E-state index contributed by atoms with van der Waals surface area (Å²) >= 11 is 5.08. The van der Waals surface area contributed by atoms with Gasteiger partial charge in [-0.25, -0.2) is 4.98 Å². The van der Waals surface area contributed by atoms with Gasteiger partial charge in [-0.1, -0.05) is 36.0 Å². The molecule has 0 radical (unpaired) electrons. The lowest BCUT2D eigenvalue weighted by Crippen LogP contribution is -1.91. The van der Waals surface area contributed by atoms with Crippen LogP contribution in [0.2, 0.25) is 0 Å². The number of benzene rings is 2. The molecule has 0 unspecified atom stereocenters. The molecule has 0 aliphatic carbocycles. The Hall–Kier alpha value is -2.12. The number of thioether (sulfide) groups is 1. The van der Waals surface area contributed by atoms with E-state index >= 15 is 0 Å². The minimum absolute atomic E-state index is 0.517. The minimum Gasteiger partial charge on any atom is -0.420 e. The Morgan fingerprint density at radius 3 is 2.71 bits per heavy atom. The van der Waals surface area contributed by atoms with Gasteiger partial charge in [-0.3, -0.25) is 0 Å². The zero-order valence-corrected chi connectivity index (χ0v) is 15.2. The van der Waals surface area contributed by atoms with E-state index in [1.54, 1.807) is 11.8 Å². The van der Waals surface area contributed by atoms with Crippen LogP contribution in [0.3, 0.4) is 0 Å². The Kier molecular flexibility index (Phi) is 4.12. The van der Waals surface area contributed by atoms with Crippen molar-refractivity contribution in [1.82, 2.24) is 19.7 Å². The smallest absolute Gasteiger partial charge is 0.248 e. The molecular formula is C17H13BrN4OS. The lowest BCUT2D eigenvalue weighted by Gasteiger charge is -2.00. The van der Waals surface area contributed by atoms with Gasteiger partial charge >= 0.3 is 0 Å². The molecule has 0 fully saturated rings. The Bertz CT molecular complexity index is 1010. The third kappa shape index (κ3) is 2.85. The normalized spacial score (nSPS) is 11.2. The number of halogens is 1. The van der Waals surface area contributed by atoms with Crippen molar-refractivity contribution < 1.29 is 4.42 Å². The molecule has 0 saturated carbocycles. The lowest BCUT2D eigenvalue weighted by molar-refractivity contribution is 0.528. The molecule has 5 nitrogen and oxygen atoms in total. The summed E-state index contributed by atoms with van der Waals surface area (Å²) in [6, 6.07) is 15.9. The molecular weight excluding hydrogens is 388 g/mol. The first kappa shape index (κ1) is 15.4. The second-order valence-corrected chi connectivity index (χ2v) is 7.01. The molecule has 0 atom stereocenters. The topological polar surface area (TPSA) is 56.7 Å². The molecule has 7 heteroatoms. The van der Waals surface area contributed by atoms with Gasteiger partial charge in [0.15, 0.2) is 5.16 Å². The van der Waals surface area contributed by atoms with Crippen LogP contribution in [0.15, 0.2) is 62.6 Å². The van der Waals surface area contributed by atoms with Gasteiger partial charge in [0, 0.05) is 11.5 Å². The highest BCUT2D eigenvalue weighted by atomic mass is 79.9. The van der Waals surface area contributed by atoms with Crippen molar-refractivity contribution in [1.29, 1.82) is 0 Å². The fourth-order valence-corrected chi connectivity index (χ4v) is 3.71. The number of rotatable bonds is 4. The molecule has 0 aliphatic rings. The van der Waals surface area contributed by atoms with E-state index in [0.717, 1.165) is 26.2 Å². The van der Waals surface area contributed by atoms with Crippen molar-refractivity contribution in [2.45, 2.75) is 10.9 Å². The summed E-state index contributed by atoms with van der Waals surface area (Å²) in [4.78, 5) is 4.63. The van der Waals surface area contributed by atoms with Gasteiger partial charge in [-0.15, -0.1) is 10.2 Å². The van der Waals surface area contributed by atoms with Crippen LogP contribution in [0, 0.1) is 0 Å². The van der Waals surface area contributed by atoms with Crippen molar-refractivity contribution >= 4 is 38.7 Å². The van der Waals surface area contributed by atoms with Crippen LogP contribution in [0.1, 0.15) is 5.89 Å². The first-order valence-electron chi connectivity index (χ1n) is 7.34. The van der Waals surface area contributed by atoms with E-state index in [2.05, 4.69) is 41.7 Å². The molecule has 0 spiro atoms. The summed E-state index contributed by atoms with van der Waals surface area (Å²) < 4.78 is 8.78. The molecule has 4 aromatic rings. The van der Waals surface area contributed by atoms with Gasteiger partial charge < -0.3 is 8.98 Å². The highest BCUT2D eigenvalue weighted by Crippen LogP contribution is 2.29. The molecule has 0 N–H and O–H groups in total. The van der Waals surface area contributed by atoms with Gasteiger partial charge in [-0.2, -0.15) is 0 Å². The quantitative estimate of drug-likeness (QED) is 0.465. The zero-order valence-electron chi connectivity index (χ0n) is 12.8. The summed E-state index contributed by atoms with van der Waals surface area (Å²) in [7, 11) is 2.01. The summed E-state index contributed by atoms with van der Waals surface area (Å²) in [5.41, 5.74) is 2.99. The Morgan fingerprint density at radius 2 is 1.88 bits per heavy atom. The van der Waals surface area contributed by atoms with E-state index in [1.165, 1.54) is 0 Å². The van der Waals surface area contributed by atoms with Crippen LogP contribution in [0.5, 0.6) is 0 Å². The fourth-order valence-electron chi connectivity index (χ4n) is 2.43. The van der Waals surface area contributed by atoms with Crippen LogP contribution >= 0.6 is 27.7 Å². The zero-order chi connectivity index (χ0) is 16.5. The number of fused-ring (bicyclic) bond motifs is 1. The minimum atomic E-state index is 0.517. The van der Waals surface area contributed by atoms with Gasteiger partial charge in [0.05, 0.1) is 22.3 Å². The van der Waals surface area contributed by atoms with E-state index in [0.29, 0.717) is 17.5 Å². The van der Waals surface area contributed by atoms with Crippen molar-refractivity contribution in [3.8, 4) is 11.5 Å². The van der Waals surface area contributed by atoms with Crippen molar-refractivity contribution in [3.05, 3.63) is 58.9 Å². The van der Waals surface area contributed by atoms with Crippen LogP contribution in [0.4, 0.5) is 0 Å². The number of hydrogen-bond acceptors (Lipinski definition) is 5. The van der Waals surface area contributed by atoms with Crippen LogP contribution < -0.4 is 0 Å². The Morgan fingerprint density at radius 1 is 1.08 bits per heavy atom. The largest absolute Gasteiger partial charge is 0.420 e. The third-order valence-corrected chi connectivity index (χ3v) is 5.35. The summed E-state index contributed by atoms with van der Waals surface area (Å²) in [6.07, 6.45) is 0. The van der Waals surface area contributed by atoms with Crippen molar-refractivity contribution in [2.75, 3.05) is 0 Å². The molecule has 2 heterocycles. The predicted molar refractivity (Wildman–Crippen MR) is 97.7 cm³/mol. The molecule has 0 aliphatic heterocycles. The van der Waals surface area contributed by atoms with E-state index in [-0.39, 0.29) is 0 Å². The Labute approximate surface area is 151 Å². The van der Waals surface area contributed by atoms with E-state index in [4.69, 9.17) is 4.42 Å². The van der Waals surface area contributed by atoms with Crippen LogP contribution in [0.25, 0.3) is 22.5 Å². The number of hydrogen-bond donors (Lipinski definition) is 0. The number of imidazole rings is 1. The summed E-state index contributed by atoms with van der Waals surface area (Å²) in [6.45, 7) is 0. The van der Waals surface area contributed by atoms with Crippen LogP contribution in [-0.2, 0) is 12.8 Å². The Balaban J connectivity index is 1.54. The van der Waals surface area contributed by atoms with E-state index < -0.39 is 0 Å². The highest BCUT2D eigenvalue weighted by molar-refractivity contribution is 9.10. The van der Waals surface area contributed by atoms with Gasteiger partial charge in [-0.05, 0) is 40.2 Å². The summed E-state index contributed by atoms with van der Waals surface area (Å²) in [5, 5.41) is 9.20. The second-order valence-electron chi connectivity index (χ2n) is 5.21. The molecule has 24 heavy (non-hydrogen) atoms. The van der Waals surface area contributed by atoms with Gasteiger partial charge in [0.25, 0.3) is 0 Å². The molecule has 0 bridgehead atoms. The van der Waals surface area contributed by atoms with E-state index in [1.807, 2.05) is 49.5 Å². The molecule has 4 rings (SSSR count). The maximum Gasteiger partial charge on any atom is 0.248 e. The van der Waals surface area contributed by atoms with Crippen molar-refractivity contribution in [2.24, 2.45) is 7.05 Å². The standard InChI is InChI=1S/C17H13BrN4OS/c1-22-14-9-5-4-8-13(14)19-17(22)24-10-15-20-21-16(23-15)11-6-2-3-7-12(11)18/h2-9H,10H2,1H3. The number of aryl methyl sites for hydroxylation is 1. The van der Waals surface area contributed by atoms with Crippen LogP contribution in [-0.4, -0.2) is 19.7 Å². The predicted octanol–water partition coefficient (Wildman–Crippen LogP) is 4.68. The third-order valence-electron chi connectivity index (χ3n) is 3.64. The lowest BCUT2D eigenvalue weighted by atomic mass is 10.2. The average Bonchev–Trinajstić information content (AvgIpc) is 3.19. The maximum atomic E-state index is 5.78. The van der Waals surface area contributed by atoms with Gasteiger partial charge in [0.2, 0.25) is 11.8 Å². The number of nitrogens with zero attached hydrogens (tertiary/aromatic N) is 4. The maximum absolute atomic E-state index is 5.78. The number of aromatic nitrogens is 4. The molecule has 120 valence electrons. The molecule has 2 aromatic carbocycles. The first-order valence-corrected chi connectivity index (χ1v) is 9.12. The molecule has 0 saturated heterocycles. The first-order chi connectivity index (χ1) is 11.7. The van der Waals surface area contributed by atoms with Gasteiger partial charge in [0.1, 0.15) is 0 Å². The summed E-state index contributed by atoms with van der Waals surface area (Å²) in [5.74, 6) is 1.68.